The minimum Gasteiger partial charge on any atom is -0.490 e. The number of sulfone groups is 1. The summed E-state index contributed by atoms with van der Waals surface area (Å²) in [4.78, 5) is 0.0262. The summed E-state index contributed by atoms with van der Waals surface area (Å²) in [5, 5.41) is 0.391. The lowest BCUT2D eigenvalue weighted by atomic mass is 9.72. The number of benzene rings is 2. The molecule has 156 valence electrons. The van der Waals surface area contributed by atoms with Gasteiger partial charge in [-0.2, -0.15) is 0 Å². The minimum atomic E-state index is -4.09. The van der Waals surface area contributed by atoms with Crippen LogP contribution in [0.3, 0.4) is 0 Å². The number of rotatable bonds is 4. The van der Waals surface area contributed by atoms with Crippen molar-refractivity contribution in [2.75, 3.05) is 13.2 Å². The highest BCUT2D eigenvalue weighted by Gasteiger charge is 2.59. The number of halogens is 3. The van der Waals surface area contributed by atoms with Crippen molar-refractivity contribution in [3.8, 4) is 5.75 Å². The summed E-state index contributed by atoms with van der Waals surface area (Å²) >= 11 is 5.92. The monoisotopic (exact) mass is 442 g/mol. The zero-order valence-corrected chi connectivity index (χ0v) is 17.4. The van der Waals surface area contributed by atoms with Crippen molar-refractivity contribution < 1.29 is 26.7 Å². The molecule has 0 radical (unpaired) electrons. The van der Waals surface area contributed by atoms with Crippen LogP contribution in [0.5, 0.6) is 5.75 Å². The molecule has 8 heteroatoms. The van der Waals surface area contributed by atoms with Crippen LogP contribution in [0.25, 0.3) is 0 Å². The average Bonchev–Trinajstić information content (AvgIpc) is 2.70. The van der Waals surface area contributed by atoms with E-state index >= 15 is 4.39 Å². The minimum absolute atomic E-state index is 0.0240. The predicted octanol–water partition coefficient (Wildman–Crippen LogP) is 4.89. The van der Waals surface area contributed by atoms with E-state index in [1.54, 1.807) is 0 Å². The molecule has 4 rings (SSSR count). The van der Waals surface area contributed by atoms with Crippen molar-refractivity contribution in [2.45, 2.75) is 41.9 Å². The third-order valence-corrected chi connectivity index (χ3v) is 8.81. The quantitative estimate of drug-likeness (QED) is 0.676. The highest BCUT2D eigenvalue weighted by molar-refractivity contribution is 7.92. The van der Waals surface area contributed by atoms with Crippen molar-refractivity contribution in [2.24, 2.45) is 5.92 Å². The van der Waals surface area contributed by atoms with E-state index in [1.165, 1.54) is 24.3 Å². The van der Waals surface area contributed by atoms with E-state index in [0.717, 1.165) is 12.1 Å². The first kappa shape index (κ1) is 20.6. The molecule has 29 heavy (non-hydrogen) atoms. The van der Waals surface area contributed by atoms with E-state index in [-0.39, 0.29) is 35.3 Å². The summed E-state index contributed by atoms with van der Waals surface area (Å²) < 4.78 is 67.0. The Labute approximate surface area is 173 Å². The molecule has 0 aromatic heterocycles. The number of ether oxygens (including phenoxy) is 2. The van der Waals surface area contributed by atoms with Gasteiger partial charge in [-0.05, 0) is 62.6 Å². The fraction of sp³-hybridized carbons (Fsp3) is 0.429. The molecule has 0 saturated heterocycles. The molecule has 0 unspecified atom stereocenters. The summed E-state index contributed by atoms with van der Waals surface area (Å²) in [6.45, 7) is 2.34. The molecule has 2 aromatic carbocycles. The number of fused-ring (bicyclic) bond motifs is 3. The second-order valence-corrected chi connectivity index (χ2v) is 10.1. The van der Waals surface area contributed by atoms with Crippen LogP contribution < -0.4 is 4.74 Å². The largest absolute Gasteiger partial charge is 0.490 e. The predicted molar refractivity (Wildman–Crippen MR) is 105 cm³/mol. The van der Waals surface area contributed by atoms with Crippen LogP contribution >= 0.6 is 11.6 Å². The molecule has 1 heterocycles. The summed E-state index contributed by atoms with van der Waals surface area (Å²) in [6.07, 6.45) is 0.771. The fourth-order valence-corrected chi connectivity index (χ4v) is 7.18. The van der Waals surface area contributed by atoms with Crippen molar-refractivity contribution >= 4 is 21.4 Å². The molecule has 2 aliphatic rings. The van der Waals surface area contributed by atoms with Crippen LogP contribution in [0, 0.1) is 17.6 Å². The smallest absolute Gasteiger partial charge is 0.188 e. The van der Waals surface area contributed by atoms with Gasteiger partial charge in [0, 0.05) is 17.5 Å². The van der Waals surface area contributed by atoms with Crippen molar-refractivity contribution in [3.63, 3.8) is 0 Å². The van der Waals surface area contributed by atoms with Crippen LogP contribution in [0.2, 0.25) is 5.02 Å². The van der Waals surface area contributed by atoms with Crippen molar-refractivity contribution in [3.05, 3.63) is 58.6 Å². The van der Waals surface area contributed by atoms with Gasteiger partial charge >= 0.3 is 0 Å². The normalized spacial score (nSPS) is 26.3. The van der Waals surface area contributed by atoms with Crippen LogP contribution in [0.4, 0.5) is 8.78 Å². The van der Waals surface area contributed by atoms with Gasteiger partial charge in [0.1, 0.15) is 10.6 Å². The molecule has 4 nitrogen and oxygen atoms in total. The first-order valence-electron chi connectivity index (χ1n) is 9.54. The van der Waals surface area contributed by atoms with Crippen molar-refractivity contribution in [1.82, 2.24) is 0 Å². The lowest BCUT2D eigenvalue weighted by Crippen LogP contribution is -2.53. The van der Waals surface area contributed by atoms with E-state index in [9.17, 15) is 12.8 Å². The Kier molecular flexibility index (Phi) is 5.34. The summed E-state index contributed by atoms with van der Waals surface area (Å²) in [7, 11) is -4.09. The van der Waals surface area contributed by atoms with Crippen LogP contribution in [-0.4, -0.2) is 27.7 Å². The van der Waals surface area contributed by atoms with Gasteiger partial charge in [0.25, 0.3) is 0 Å². The Balaban J connectivity index is 1.95. The third kappa shape index (κ3) is 3.14. The van der Waals surface area contributed by atoms with E-state index in [0.29, 0.717) is 24.5 Å². The maximum absolute atomic E-state index is 15.1. The van der Waals surface area contributed by atoms with E-state index in [1.807, 2.05) is 6.92 Å². The van der Waals surface area contributed by atoms with Crippen LogP contribution in [-0.2, 0) is 19.3 Å². The Morgan fingerprint density at radius 2 is 1.86 bits per heavy atom. The topological polar surface area (TPSA) is 52.6 Å². The van der Waals surface area contributed by atoms with Gasteiger partial charge in [-0.3, -0.25) is 0 Å². The fourth-order valence-electron chi connectivity index (χ4n) is 4.69. The SMILES string of the molecule is CCO[C@@H]1CC[C@@]2(S(=O)(=O)c3ccc(Cl)cc3)c3c(F)ccc(F)c3OC[C@H]2C1. The lowest BCUT2D eigenvalue weighted by Gasteiger charge is -2.48. The second kappa shape index (κ2) is 7.52. The van der Waals surface area contributed by atoms with Crippen LogP contribution in [0.1, 0.15) is 31.7 Å². The second-order valence-electron chi connectivity index (χ2n) is 7.44. The van der Waals surface area contributed by atoms with Gasteiger partial charge in [-0.1, -0.05) is 11.6 Å². The lowest BCUT2D eigenvalue weighted by molar-refractivity contribution is -0.0100. The Morgan fingerprint density at radius 3 is 2.55 bits per heavy atom. The Morgan fingerprint density at radius 1 is 1.17 bits per heavy atom. The molecule has 2 aromatic rings. The zero-order chi connectivity index (χ0) is 20.8. The standard InChI is InChI=1S/C21H21ClF2O4S/c1-2-27-15-9-10-21(29(25,26)16-5-3-14(22)4-6-16)13(11-15)12-28-20-18(24)8-7-17(23)19(20)21/h3-8,13,15H,2,9-12H2,1H3/t13-,15-,21+/m1/s1. The maximum atomic E-state index is 15.1. The molecular formula is C21H21ClF2O4S. The van der Waals surface area contributed by atoms with E-state index < -0.39 is 32.1 Å². The molecule has 0 spiro atoms. The Hall–Kier alpha value is -1.70. The zero-order valence-electron chi connectivity index (χ0n) is 15.8. The van der Waals surface area contributed by atoms with E-state index in [4.69, 9.17) is 21.1 Å². The first-order chi connectivity index (χ1) is 13.8. The van der Waals surface area contributed by atoms with Gasteiger partial charge in [0.2, 0.25) is 0 Å². The van der Waals surface area contributed by atoms with Gasteiger partial charge in [-0.15, -0.1) is 0 Å². The van der Waals surface area contributed by atoms with E-state index in [2.05, 4.69) is 0 Å². The molecule has 0 bridgehead atoms. The van der Waals surface area contributed by atoms with Gasteiger partial charge in [0.15, 0.2) is 21.4 Å². The first-order valence-corrected chi connectivity index (χ1v) is 11.4. The number of hydrogen-bond donors (Lipinski definition) is 0. The molecule has 0 amide bonds. The molecule has 1 aliphatic heterocycles. The Bertz CT molecular complexity index is 1030. The molecular weight excluding hydrogens is 422 g/mol. The third-order valence-electron chi connectivity index (χ3n) is 5.96. The maximum Gasteiger partial charge on any atom is 0.188 e. The summed E-state index contributed by atoms with van der Waals surface area (Å²) in [5.74, 6) is -2.43. The summed E-state index contributed by atoms with van der Waals surface area (Å²) in [5.41, 5.74) is -0.210. The average molecular weight is 443 g/mol. The number of hydrogen-bond acceptors (Lipinski definition) is 4. The van der Waals surface area contributed by atoms with Gasteiger partial charge in [0.05, 0.1) is 23.2 Å². The van der Waals surface area contributed by atoms with Crippen molar-refractivity contribution in [1.29, 1.82) is 0 Å². The molecule has 3 atom stereocenters. The molecule has 1 fully saturated rings. The molecule has 1 aliphatic carbocycles. The highest BCUT2D eigenvalue weighted by atomic mass is 35.5. The molecule has 0 N–H and O–H groups in total. The van der Waals surface area contributed by atoms with Gasteiger partial charge in [-0.25, -0.2) is 17.2 Å². The van der Waals surface area contributed by atoms with Crippen LogP contribution in [0.15, 0.2) is 41.3 Å². The van der Waals surface area contributed by atoms with Gasteiger partial charge < -0.3 is 9.47 Å². The summed E-state index contributed by atoms with van der Waals surface area (Å²) in [6, 6.07) is 7.70. The molecule has 1 saturated carbocycles. The highest BCUT2D eigenvalue weighted by Crippen LogP contribution is 2.56.